The molecule has 2 fully saturated rings. The molecule has 14 heavy (non-hydrogen) atoms. The summed E-state index contributed by atoms with van der Waals surface area (Å²) >= 11 is 0. The van der Waals surface area contributed by atoms with E-state index < -0.39 is 6.10 Å². The predicted octanol–water partition coefficient (Wildman–Crippen LogP) is 0.380. The van der Waals surface area contributed by atoms with Crippen molar-refractivity contribution in [1.82, 2.24) is 4.90 Å². The molecule has 1 amide bonds. The van der Waals surface area contributed by atoms with Crippen LogP contribution in [-0.4, -0.2) is 34.1 Å². The molecule has 3 heteroatoms. The van der Waals surface area contributed by atoms with Crippen LogP contribution in [0.3, 0.4) is 0 Å². The molecule has 0 radical (unpaired) electrons. The summed E-state index contributed by atoms with van der Waals surface area (Å²) in [6.07, 6.45) is 7.38. The second-order valence-corrected chi connectivity index (χ2v) is 4.25. The lowest BCUT2D eigenvalue weighted by molar-refractivity contribution is -0.134. The number of terminal acetylenes is 1. The summed E-state index contributed by atoms with van der Waals surface area (Å²) in [6, 6.07) is -0.322. The second-order valence-electron chi connectivity index (χ2n) is 4.25. The van der Waals surface area contributed by atoms with Gasteiger partial charge in [-0.1, -0.05) is 5.92 Å². The molecule has 2 aliphatic rings. The average molecular weight is 193 g/mol. The molecule has 0 spiro atoms. The minimum atomic E-state index is -0.459. The number of aliphatic hydroxyl groups excluding tert-OH is 1. The fraction of sp³-hybridized carbons (Fsp3) is 0.727. The van der Waals surface area contributed by atoms with Crippen LogP contribution >= 0.6 is 0 Å². The number of hydrogen-bond donors (Lipinski definition) is 1. The van der Waals surface area contributed by atoms with Crippen molar-refractivity contribution in [3.05, 3.63) is 0 Å². The van der Waals surface area contributed by atoms with Crippen LogP contribution in [0.4, 0.5) is 0 Å². The molecule has 3 atom stereocenters. The Balaban J connectivity index is 2.14. The van der Waals surface area contributed by atoms with Gasteiger partial charge in [0.05, 0.1) is 18.2 Å². The topological polar surface area (TPSA) is 40.5 Å². The maximum absolute atomic E-state index is 11.9. The van der Waals surface area contributed by atoms with Crippen LogP contribution in [0.1, 0.15) is 26.2 Å². The predicted molar refractivity (Wildman–Crippen MR) is 52.3 cm³/mol. The Labute approximate surface area is 84.1 Å². The summed E-state index contributed by atoms with van der Waals surface area (Å²) in [4.78, 5) is 13.5. The van der Waals surface area contributed by atoms with Crippen molar-refractivity contribution in [3.8, 4) is 12.3 Å². The zero-order valence-corrected chi connectivity index (χ0v) is 8.31. The number of aliphatic hydroxyl groups is 1. The van der Waals surface area contributed by atoms with Crippen LogP contribution in [0, 0.1) is 18.3 Å². The molecular weight excluding hydrogens is 178 g/mol. The van der Waals surface area contributed by atoms with Crippen LogP contribution in [0.5, 0.6) is 0 Å². The first kappa shape index (κ1) is 9.54. The summed E-state index contributed by atoms with van der Waals surface area (Å²) < 4.78 is 0. The van der Waals surface area contributed by atoms with Gasteiger partial charge in [-0.3, -0.25) is 4.79 Å². The molecule has 0 aromatic rings. The lowest BCUT2D eigenvalue weighted by Crippen LogP contribution is -2.42. The van der Waals surface area contributed by atoms with Crippen molar-refractivity contribution in [2.75, 3.05) is 0 Å². The van der Waals surface area contributed by atoms with E-state index in [2.05, 4.69) is 5.92 Å². The summed E-state index contributed by atoms with van der Waals surface area (Å²) in [5, 5.41) is 9.63. The SMILES string of the molecule is C#C[C@H]1C[C@H](O)[C@@H](C)N1C(=O)C1CC1. The molecule has 0 aromatic carbocycles. The number of amides is 1. The number of carbonyl (C=O) groups excluding carboxylic acids is 1. The maximum Gasteiger partial charge on any atom is 0.227 e. The van der Waals surface area contributed by atoms with E-state index in [1.165, 1.54) is 0 Å². The van der Waals surface area contributed by atoms with E-state index in [0.29, 0.717) is 6.42 Å². The Kier molecular flexibility index (Phi) is 2.24. The minimum absolute atomic E-state index is 0.121. The molecule has 2 rings (SSSR count). The van der Waals surface area contributed by atoms with Gasteiger partial charge in [0.2, 0.25) is 5.91 Å². The van der Waals surface area contributed by atoms with Crippen molar-refractivity contribution < 1.29 is 9.90 Å². The molecule has 76 valence electrons. The summed E-state index contributed by atoms with van der Waals surface area (Å²) in [7, 11) is 0. The molecule has 1 saturated carbocycles. The number of likely N-dealkylation sites (tertiary alicyclic amines) is 1. The quantitative estimate of drug-likeness (QED) is 0.612. The lowest BCUT2D eigenvalue weighted by Gasteiger charge is -2.25. The zero-order valence-electron chi connectivity index (χ0n) is 8.31. The lowest BCUT2D eigenvalue weighted by atomic mass is 10.2. The van der Waals surface area contributed by atoms with Gasteiger partial charge in [-0.15, -0.1) is 6.42 Å². The molecule has 0 bridgehead atoms. The van der Waals surface area contributed by atoms with Crippen molar-refractivity contribution in [3.63, 3.8) is 0 Å². The van der Waals surface area contributed by atoms with Crippen LogP contribution in [0.15, 0.2) is 0 Å². The van der Waals surface area contributed by atoms with Crippen LogP contribution in [0.25, 0.3) is 0 Å². The normalized spacial score (nSPS) is 36.9. The number of carbonyl (C=O) groups is 1. The third-order valence-corrected chi connectivity index (χ3v) is 3.17. The third kappa shape index (κ3) is 1.40. The van der Waals surface area contributed by atoms with Crippen molar-refractivity contribution >= 4 is 5.91 Å². The maximum atomic E-state index is 11.9. The van der Waals surface area contributed by atoms with Crippen molar-refractivity contribution in [2.24, 2.45) is 5.92 Å². The molecular formula is C11H15NO2. The molecule has 1 aliphatic heterocycles. The Morgan fingerprint density at radius 3 is 2.71 bits per heavy atom. The second kappa shape index (κ2) is 3.29. The van der Waals surface area contributed by atoms with Gasteiger partial charge in [0.1, 0.15) is 0 Å². The molecule has 0 aromatic heterocycles. The van der Waals surface area contributed by atoms with E-state index in [1.54, 1.807) is 4.90 Å². The number of hydrogen-bond acceptors (Lipinski definition) is 2. The van der Waals surface area contributed by atoms with Crippen LogP contribution in [0.2, 0.25) is 0 Å². The highest BCUT2D eigenvalue weighted by molar-refractivity contribution is 5.82. The van der Waals surface area contributed by atoms with Crippen LogP contribution < -0.4 is 0 Å². The van der Waals surface area contributed by atoms with Gasteiger partial charge < -0.3 is 10.0 Å². The van der Waals surface area contributed by atoms with Gasteiger partial charge in [0.25, 0.3) is 0 Å². The largest absolute Gasteiger partial charge is 0.391 e. The standard InChI is InChI=1S/C11H15NO2/c1-3-9-6-10(13)7(2)12(9)11(14)8-4-5-8/h1,7-10,13H,4-6H2,2H3/t7-,9+,10+/m1/s1. The third-order valence-electron chi connectivity index (χ3n) is 3.17. The number of nitrogens with zero attached hydrogens (tertiary/aromatic N) is 1. The number of rotatable bonds is 1. The van der Waals surface area contributed by atoms with Gasteiger partial charge in [0.15, 0.2) is 0 Å². The highest BCUT2D eigenvalue weighted by Gasteiger charge is 2.44. The summed E-state index contributed by atoms with van der Waals surface area (Å²) in [6.45, 7) is 1.86. The van der Waals surface area contributed by atoms with Gasteiger partial charge in [-0.25, -0.2) is 0 Å². The molecule has 1 saturated heterocycles. The Bertz CT molecular complexity index is 290. The van der Waals surface area contributed by atoms with Crippen LogP contribution in [-0.2, 0) is 4.79 Å². The van der Waals surface area contributed by atoms with Gasteiger partial charge in [-0.2, -0.15) is 0 Å². The molecule has 1 aliphatic carbocycles. The Morgan fingerprint density at radius 2 is 2.21 bits per heavy atom. The Morgan fingerprint density at radius 1 is 1.57 bits per heavy atom. The van der Waals surface area contributed by atoms with E-state index in [0.717, 1.165) is 12.8 Å². The monoisotopic (exact) mass is 193 g/mol. The van der Waals surface area contributed by atoms with Gasteiger partial charge >= 0.3 is 0 Å². The van der Waals surface area contributed by atoms with E-state index in [1.807, 2.05) is 6.92 Å². The molecule has 1 N–H and O–H groups in total. The summed E-state index contributed by atoms with van der Waals surface area (Å²) in [5.41, 5.74) is 0. The van der Waals surface area contributed by atoms with Gasteiger partial charge in [-0.05, 0) is 19.8 Å². The first-order valence-electron chi connectivity index (χ1n) is 5.11. The molecule has 0 unspecified atom stereocenters. The molecule has 3 nitrogen and oxygen atoms in total. The smallest absolute Gasteiger partial charge is 0.227 e. The molecule has 1 heterocycles. The average Bonchev–Trinajstić information content (AvgIpc) is 2.95. The minimum Gasteiger partial charge on any atom is -0.391 e. The highest BCUT2D eigenvalue weighted by Crippen LogP contribution is 2.35. The fourth-order valence-electron chi connectivity index (χ4n) is 2.05. The highest BCUT2D eigenvalue weighted by atomic mass is 16.3. The van der Waals surface area contributed by atoms with E-state index in [-0.39, 0.29) is 23.9 Å². The first-order chi connectivity index (χ1) is 6.65. The van der Waals surface area contributed by atoms with E-state index in [4.69, 9.17) is 6.42 Å². The van der Waals surface area contributed by atoms with Gasteiger partial charge in [0, 0.05) is 12.3 Å². The van der Waals surface area contributed by atoms with E-state index in [9.17, 15) is 9.90 Å². The van der Waals surface area contributed by atoms with E-state index >= 15 is 0 Å². The fourth-order valence-corrected chi connectivity index (χ4v) is 2.05. The van der Waals surface area contributed by atoms with Crippen molar-refractivity contribution in [2.45, 2.75) is 44.4 Å². The first-order valence-corrected chi connectivity index (χ1v) is 5.11. The van der Waals surface area contributed by atoms with Crippen molar-refractivity contribution in [1.29, 1.82) is 0 Å². The summed E-state index contributed by atoms with van der Waals surface area (Å²) in [5.74, 6) is 2.90. The zero-order chi connectivity index (χ0) is 10.3. The Hall–Kier alpha value is -1.01.